The molecule has 0 radical (unpaired) electrons. The Morgan fingerprint density at radius 3 is 2.96 bits per heavy atom. The minimum absolute atomic E-state index is 0.110. The summed E-state index contributed by atoms with van der Waals surface area (Å²) in [5.41, 5.74) is 1.94. The van der Waals surface area contributed by atoms with E-state index in [9.17, 15) is 4.79 Å². The highest BCUT2D eigenvalue weighted by molar-refractivity contribution is 7.09. The van der Waals surface area contributed by atoms with Gasteiger partial charge in [0.1, 0.15) is 0 Å². The number of carbonyl (C=O) groups excluding carboxylic acids is 1. The fourth-order valence-electron chi connectivity index (χ4n) is 2.82. The second-order valence-corrected chi connectivity index (χ2v) is 8.04. The number of nitrogens with one attached hydrogen (secondary N) is 2. The number of aromatic nitrogens is 1. The molecule has 7 heteroatoms. The number of urea groups is 1. The van der Waals surface area contributed by atoms with Crippen molar-refractivity contribution < 1.29 is 4.79 Å². The van der Waals surface area contributed by atoms with Crippen LogP contribution in [0.5, 0.6) is 0 Å². The van der Waals surface area contributed by atoms with Gasteiger partial charge in [0.05, 0.1) is 27.3 Å². The van der Waals surface area contributed by atoms with Gasteiger partial charge in [-0.3, -0.25) is 0 Å². The molecule has 2 saturated carbocycles. The largest absolute Gasteiger partial charge is 0.335 e. The number of carbonyl (C=O) groups is 1. The Morgan fingerprint density at radius 1 is 1.33 bits per heavy atom. The second kappa shape index (κ2) is 6.54. The maximum Gasteiger partial charge on any atom is 0.315 e. The molecular formula is C17H17Cl2N3OS. The summed E-state index contributed by atoms with van der Waals surface area (Å²) >= 11 is 14.0. The molecule has 0 unspecified atom stereocenters. The first kappa shape index (κ1) is 16.2. The molecule has 2 aliphatic rings. The van der Waals surface area contributed by atoms with Crippen LogP contribution in [-0.4, -0.2) is 17.1 Å². The highest BCUT2D eigenvalue weighted by Gasteiger charge is 2.41. The molecule has 1 heterocycles. The average molecular weight is 382 g/mol. The van der Waals surface area contributed by atoms with Gasteiger partial charge >= 0.3 is 6.03 Å². The highest BCUT2D eigenvalue weighted by Crippen LogP contribution is 2.45. The zero-order chi connectivity index (χ0) is 16.7. The third-order valence-electron chi connectivity index (χ3n) is 4.41. The molecule has 1 aromatic carbocycles. The fourth-order valence-corrected chi connectivity index (χ4v) is 4.26. The molecule has 2 amide bonds. The molecule has 4 nitrogen and oxygen atoms in total. The van der Waals surface area contributed by atoms with Gasteiger partial charge in [0.2, 0.25) is 0 Å². The number of thiazole rings is 1. The standard InChI is InChI=1S/C17H17Cl2N3OS/c18-13-3-1-2-11(15(13)19)12-6-14(12)22-17(23)20-7-10-8-24-16(21-10)9-4-5-9/h1-3,8-9,12,14H,4-7H2,(H2,20,22,23)/t12-,14-/m0/s1. The molecule has 2 atom stereocenters. The maximum atomic E-state index is 12.0. The lowest BCUT2D eigenvalue weighted by molar-refractivity contribution is 0.240. The van der Waals surface area contributed by atoms with Crippen LogP contribution in [-0.2, 0) is 6.54 Å². The Kier molecular flexibility index (Phi) is 4.41. The fraction of sp³-hybridized carbons (Fsp3) is 0.412. The summed E-state index contributed by atoms with van der Waals surface area (Å²) in [6.07, 6.45) is 3.38. The summed E-state index contributed by atoms with van der Waals surface area (Å²) in [5.74, 6) is 0.898. The average Bonchev–Trinajstić information content (AvgIpc) is 3.49. The van der Waals surface area contributed by atoms with E-state index in [0.717, 1.165) is 17.7 Å². The Hall–Kier alpha value is -1.30. The first-order chi connectivity index (χ1) is 11.6. The molecule has 24 heavy (non-hydrogen) atoms. The predicted molar refractivity (Wildman–Crippen MR) is 97.1 cm³/mol. The lowest BCUT2D eigenvalue weighted by Gasteiger charge is -2.08. The summed E-state index contributed by atoms with van der Waals surface area (Å²) < 4.78 is 0. The third-order valence-corrected chi connectivity index (χ3v) is 6.30. The lowest BCUT2D eigenvalue weighted by Crippen LogP contribution is -2.37. The van der Waals surface area contributed by atoms with Crippen molar-refractivity contribution in [3.8, 4) is 0 Å². The molecule has 4 rings (SSSR count). The number of benzene rings is 1. The molecule has 2 fully saturated rings. The Balaban J connectivity index is 1.27. The minimum atomic E-state index is -0.165. The molecule has 0 bridgehead atoms. The van der Waals surface area contributed by atoms with Crippen molar-refractivity contribution in [2.75, 3.05) is 0 Å². The lowest BCUT2D eigenvalue weighted by atomic mass is 10.1. The Bertz CT molecular complexity index is 775. The number of rotatable bonds is 5. The van der Waals surface area contributed by atoms with Gasteiger partial charge < -0.3 is 10.6 Å². The first-order valence-corrected chi connectivity index (χ1v) is 9.68. The summed E-state index contributed by atoms with van der Waals surface area (Å²) in [7, 11) is 0. The molecule has 2 aromatic rings. The van der Waals surface area contributed by atoms with E-state index in [1.165, 1.54) is 17.8 Å². The molecule has 2 N–H and O–H groups in total. The van der Waals surface area contributed by atoms with E-state index in [0.29, 0.717) is 22.5 Å². The summed E-state index contributed by atoms with van der Waals surface area (Å²) in [6.45, 7) is 0.463. The van der Waals surface area contributed by atoms with Crippen molar-refractivity contribution in [2.45, 2.75) is 43.7 Å². The zero-order valence-electron chi connectivity index (χ0n) is 12.9. The topological polar surface area (TPSA) is 54.0 Å². The monoisotopic (exact) mass is 381 g/mol. The van der Waals surface area contributed by atoms with Crippen molar-refractivity contribution in [3.05, 3.63) is 49.9 Å². The van der Waals surface area contributed by atoms with Crippen molar-refractivity contribution in [1.82, 2.24) is 15.6 Å². The number of hydrogen-bond donors (Lipinski definition) is 2. The molecule has 0 aliphatic heterocycles. The van der Waals surface area contributed by atoms with E-state index in [4.69, 9.17) is 23.2 Å². The third kappa shape index (κ3) is 3.53. The van der Waals surface area contributed by atoms with Crippen molar-refractivity contribution >= 4 is 40.6 Å². The normalized spacial score (nSPS) is 22.2. The van der Waals surface area contributed by atoms with Gasteiger partial charge in [-0.05, 0) is 30.9 Å². The number of hydrogen-bond acceptors (Lipinski definition) is 3. The second-order valence-electron chi connectivity index (χ2n) is 6.37. The van der Waals surface area contributed by atoms with Crippen LogP contribution in [0.15, 0.2) is 23.6 Å². The summed E-state index contributed by atoms with van der Waals surface area (Å²) in [6, 6.07) is 5.57. The van der Waals surface area contributed by atoms with Crippen molar-refractivity contribution in [1.29, 1.82) is 0 Å². The van der Waals surface area contributed by atoms with Crippen LogP contribution in [0, 0.1) is 0 Å². The molecular weight excluding hydrogens is 365 g/mol. The van der Waals surface area contributed by atoms with Gasteiger partial charge in [-0.1, -0.05) is 35.3 Å². The van der Waals surface area contributed by atoms with Gasteiger partial charge in [-0.25, -0.2) is 9.78 Å². The van der Waals surface area contributed by atoms with Gasteiger partial charge in [-0.2, -0.15) is 0 Å². The Morgan fingerprint density at radius 2 is 2.17 bits per heavy atom. The zero-order valence-corrected chi connectivity index (χ0v) is 15.2. The van der Waals surface area contributed by atoms with Crippen LogP contribution >= 0.6 is 34.5 Å². The van der Waals surface area contributed by atoms with Crippen LogP contribution in [0.4, 0.5) is 4.79 Å². The van der Waals surface area contributed by atoms with Crippen LogP contribution in [0.2, 0.25) is 10.0 Å². The predicted octanol–water partition coefficient (Wildman–Crippen LogP) is 4.68. The van der Waals surface area contributed by atoms with Crippen LogP contribution in [0.1, 0.15) is 47.4 Å². The van der Waals surface area contributed by atoms with E-state index in [-0.39, 0.29) is 18.0 Å². The van der Waals surface area contributed by atoms with Gasteiger partial charge in [-0.15, -0.1) is 11.3 Å². The van der Waals surface area contributed by atoms with E-state index in [1.54, 1.807) is 17.4 Å². The van der Waals surface area contributed by atoms with Crippen LogP contribution in [0.3, 0.4) is 0 Å². The molecule has 1 aromatic heterocycles. The van der Waals surface area contributed by atoms with E-state index in [2.05, 4.69) is 15.6 Å². The number of nitrogens with zero attached hydrogens (tertiary/aromatic N) is 1. The molecule has 0 saturated heterocycles. The smallest absolute Gasteiger partial charge is 0.315 e. The van der Waals surface area contributed by atoms with Gasteiger partial charge in [0, 0.05) is 23.3 Å². The molecule has 2 aliphatic carbocycles. The van der Waals surface area contributed by atoms with Crippen LogP contribution in [0.25, 0.3) is 0 Å². The Labute approximate surface area is 154 Å². The summed E-state index contributed by atoms with van der Waals surface area (Å²) in [5, 5.41) is 10.2. The van der Waals surface area contributed by atoms with Gasteiger partial charge in [0.25, 0.3) is 0 Å². The van der Waals surface area contributed by atoms with E-state index < -0.39 is 0 Å². The number of amides is 2. The van der Waals surface area contributed by atoms with E-state index in [1.807, 2.05) is 17.5 Å². The van der Waals surface area contributed by atoms with Crippen molar-refractivity contribution in [2.24, 2.45) is 0 Å². The van der Waals surface area contributed by atoms with Crippen molar-refractivity contribution in [3.63, 3.8) is 0 Å². The SMILES string of the molecule is O=C(NCc1csc(C2CC2)n1)N[C@H]1C[C@H]1c1cccc(Cl)c1Cl. The maximum absolute atomic E-state index is 12.0. The molecule has 0 spiro atoms. The van der Waals surface area contributed by atoms with Crippen LogP contribution < -0.4 is 10.6 Å². The molecule has 126 valence electrons. The van der Waals surface area contributed by atoms with E-state index >= 15 is 0 Å². The first-order valence-electron chi connectivity index (χ1n) is 8.04. The summed E-state index contributed by atoms with van der Waals surface area (Å²) in [4.78, 5) is 16.6. The highest BCUT2D eigenvalue weighted by atomic mass is 35.5. The number of halogens is 2. The van der Waals surface area contributed by atoms with Gasteiger partial charge in [0.15, 0.2) is 0 Å². The minimum Gasteiger partial charge on any atom is -0.335 e. The quantitative estimate of drug-likeness (QED) is 0.789.